The number of nitrogens with zero attached hydrogens (tertiary/aromatic N) is 2. The molecule has 10 aromatic rings. The molecule has 0 radical (unpaired) electrons. The van der Waals surface area contributed by atoms with Crippen LogP contribution in [0, 0.1) is 0 Å². The van der Waals surface area contributed by atoms with E-state index in [2.05, 4.69) is 253 Å². The zero-order chi connectivity index (χ0) is 43.8. The largest absolute Gasteiger partial charge is 0.354 e. The second-order valence-corrected chi connectivity index (χ2v) is 16.6. The van der Waals surface area contributed by atoms with E-state index in [9.17, 15) is 0 Å². The molecule has 0 atom stereocenters. The minimum atomic E-state index is 0.862. The van der Waals surface area contributed by atoms with Gasteiger partial charge in [0.15, 0.2) is 0 Å². The molecule has 12 rings (SSSR count). The van der Waals surface area contributed by atoms with E-state index in [0.29, 0.717) is 0 Å². The third-order valence-electron chi connectivity index (χ3n) is 12.6. The molecule has 8 bridgehead atoms. The van der Waals surface area contributed by atoms with Gasteiger partial charge in [0.1, 0.15) is 0 Å². The Labute approximate surface area is 383 Å². The Kier molecular flexibility index (Phi) is 9.81. The van der Waals surface area contributed by atoms with E-state index in [1.54, 1.807) is 0 Å². The highest BCUT2D eigenvalue weighted by Gasteiger charge is 2.26. The van der Waals surface area contributed by atoms with Gasteiger partial charge in [-0.2, -0.15) is 0 Å². The molecule has 0 saturated heterocycles. The van der Waals surface area contributed by atoms with Gasteiger partial charge < -0.3 is 9.97 Å². The normalized spacial score (nSPS) is 11.8. The van der Waals surface area contributed by atoms with Gasteiger partial charge in [-0.05, 0) is 69.3 Å². The standard InChI is InChI=1S/C62H42N4/c1-8-22-41(23-9-1)48-40-53-54(42-24-10-2-11-25-42)49-36-37-51(63-49)56(44-28-14-4-15-29-44)61-58(46-32-18-6-19-33-46)59(47-34-20-7-21-35-47)62(66-61)57(45-30-16-5-17-31-45)52-39-38-50(64-52)55(60(48)65-53)43-26-12-3-13-27-43/h1-40,65-66H. The summed E-state index contributed by atoms with van der Waals surface area (Å²) in [6.45, 7) is 0. The van der Waals surface area contributed by atoms with Crippen LogP contribution in [-0.2, 0) is 0 Å². The van der Waals surface area contributed by atoms with Crippen LogP contribution in [0.3, 0.4) is 0 Å². The van der Waals surface area contributed by atoms with Crippen LogP contribution in [-0.4, -0.2) is 19.9 Å². The molecule has 4 heteroatoms. The fourth-order valence-electron chi connectivity index (χ4n) is 9.70. The van der Waals surface area contributed by atoms with Crippen LogP contribution in [0.1, 0.15) is 22.8 Å². The molecular weight excluding hydrogens is 801 g/mol. The van der Waals surface area contributed by atoms with Gasteiger partial charge >= 0.3 is 0 Å². The number of aromatic amines is 2. The number of nitrogens with one attached hydrogen (secondary N) is 2. The molecule has 0 amide bonds. The van der Waals surface area contributed by atoms with E-state index >= 15 is 0 Å². The minimum absolute atomic E-state index is 0.862. The van der Waals surface area contributed by atoms with Gasteiger partial charge in [0, 0.05) is 44.5 Å². The third-order valence-corrected chi connectivity index (χ3v) is 12.6. The highest BCUT2D eigenvalue weighted by Crippen LogP contribution is 2.48. The lowest BCUT2D eigenvalue weighted by Gasteiger charge is -2.11. The Balaban J connectivity index is 1.39. The van der Waals surface area contributed by atoms with Crippen molar-refractivity contribution in [2.45, 2.75) is 0 Å². The molecule has 4 nitrogen and oxygen atoms in total. The van der Waals surface area contributed by atoms with E-state index in [4.69, 9.17) is 9.97 Å². The van der Waals surface area contributed by atoms with Crippen molar-refractivity contribution in [1.82, 2.24) is 19.9 Å². The van der Waals surface area contributed by atoms with E-state index in [-0.39, 0.29) is 0 Å². The van der Waals surface area contributed by atoms with Gasteiger partial charge in [0.25, 0.3) is 0 Å². The molecule has 0 saturated carbocycles. The van der Waals surface area contributed by atoms with Crippen molar-refractivity contribution in [3.05, 3.63) is 241 Å². The zero-order valence-corrected chi connectivity index (χ0v) is 36.0. The fourth-order valence-corrected chi connectivity index (χ4v) is 9.70. The lowest BCUT2D eigenvalue weighted by atomic mass is 9.91. The van der Waals surface area contributed by atoms with Crippen molar-refractivity contribution in [2.24, 2.45) is 0 Å². The molecule has 3 aromatic heterocycles. The van der Waals surface area contributed by atoms with Crippen molar-refractivity contribution in [1.29, 1.82) is 0 Å². The molecule has 2 aliphatic heterocycles. The van der Waals surface area contributed by atoms with Crippen LogP contribution in [0.15, 0.2) is 218 Å². The minimum Gasteiger partial charge on any atom is -0.354 e. The molecule has 5 heterocycles. The summed E-state index contributed by atoms with van der Waals surface area (Å²) in [7, 11) is 0. The van der Waals surface area contributed by atoms with Gasteiger partial charge in [0.2, 0.25) is 0 Å². The van der Waals surface area contributed by atoms with Gasteiger partial charge in [-0.3, -0.25) is 0 Å². The summed E-state index contributed by atoms with van der Waals surface area (Å²) in [6.07, 6.45) is 8.74. The van der Waals surface area contributed by atoms with Crippen molar-refractivity contribution in [3.8, 4) is 77.9 Å². The molecule has 0 unspecified atom stereocenters. The Morgan fingerprint density at radius 2 is 0.515 bits per heavy atom. The van der Waals surface area contributed by atoms with Crippen LogP contribution < -0.4 is 0 Å². The summed E-state index contributed by atoms with van der Waals surface area (Å²) in [5.41, 5.74) is 22.2. The van der Waals surface area contributed by atoms with Crippen molar-refractivity contribution >= 4 is 46.4 Å². The van der Waals surface area contributed by atoms with E-state index < -0.39 is 0 Å². The Morgan fingerprint density at radius 3 is 0.864 bits per heavy atom. The molecule has 0 aliphatic carbocycles. The van der Waals surface area contributed by atoms with Crippen LogP contribution in [0.5, 0.6) is 0 Å². The topological polar surface area (TPSA) is 57.4 Å². The SMILES string of the molecule is C1=Cc2nc1c(-c1ccccc1)c1cc(-c3ccccc3)c([nH]1)c(-c1ccccc1)c1nc(c(-c3ccccc3)c3[nH]c(c2-c2ccccc2)c(-c2ccccc2)c3-c2ccccc2)C=C1. The van der Waals surface area contributed by atoms with Crippen LogP contribution >= 0.6 is 0 Å². The third kappa shape index (κ3) is 6.89. The first-order chi connectivity index (χ1) is 32.8. The summed E-state index contributed by atoms with van der Waals surface area (Å²) < 4.78 is 0. The van der Waals surface area contributed by atoms with E-state index in [0.717, 1.165) is 123 Å². The maximum absolute atomic E-state index is 5.72. The monoisotopic (exact) mass is 842 g/mol. The average Bonchev–Trinajstić information content (AvgIpc) is 4.22. The molecule has 66 heavy (non-hydrogen) atoms. The molecule has 2 N–H and O–H groups in total. The maximum atomic E-state index is 5.72. The fraction of sp³-hybridized carbons (Fsp3) is 0. The Bertz CT molecular complexity index is 3630. The smallest absolute Gasteiger partial charge is 0.0737 e. The van der Waals surface area contributed by atoms with Crippen LogP contribution in [0.2, 0.25) is 0 Å². The number of hydrogen-bond donors (Lipinski definition) is 2. The molecule has 0 fully saturated rings. The number of H-pyrrole nitrogens is 2. The summed E-state index contributed by atoms with van der Waals surface area (Å²) in [5, 5.41) is 0. The molecule has 310 valence electrons. The lowest BCUT2D eigenvalue weighted by molar-refractivity contribution is 1.31. The second kappa shape index (κ2) is 16.7. The Morgan fingerprint density at radius 1 is 0.242 bits per heavy atom. The average molecular weight is 843 g/mol. The second-order valence-electron chi connectivity index (χ2n) is 16.6. The van der Waals surface area contributed by atoms with Gasteiger partial charge in [-0.1, -0.05) is 212 Å². The quantitative estimate of drug-likeness (QED) is 0.168. The summed E-state index contributed by atoms with van der Waals surface area (Å²) in [5.74, 6) is 0. The van der Waals surface area contributed by atoms with Gasteiger partial charge in [-0.15, -0.1) is 0 Å². The highest BCUT2D eigenvalue weighted by atomic mass is 14.8. The number of hydrogen-bond acceptors (Lipinski definition) is 2. The van der Waals surface area contributed by atoms with Crippen LogP contribution in [0.4, 0.5) is 0 Å². The summed E-state index contributed by atoms with van der Waals surface area (Å²) >= 11 is 0. The van der Waals surface area contributed by atoms with Gasteiger partial charge in [0.05, 0.1) is 39.3 Å². The first-order valence-corrected chi connectivity index (χ1v) is 22.4. The van der Waals surface area contributed by atoms with Crippen molar-refractivity contribution in [2.75, 3.05) is 0 Å². The Hall–Kier alpha value is -8.86. The van der Waals surface area contributed by atoms with Crippen molar-refractivity contribution in [3.63, 3.8) is 0 Å². The summed E-state index contributed by atoms with van der Waals surface area (Å²) in [4.78, 5) is 19.6. The number of aromatic nitrogens is 4. The molecule has 0 spiro atoms. The number of rotatable bonds is 7. The predicted octanol–water partition coefficient (Wildman–Crippen LogP) is 16.3. The van der Waals surface area contributed by atoms with Crippen molar-refractivity contribution < 1.29 is 0 Å². The predicted molar refractivity (Wildman–Crippen MR) is 277 cm³/mol. The first kappa shape index (κ1) is 38.8. The maximum Gasteiger partial charge on any atom is 0.0737 e. The van der Waals surface area contributed by atoms with Crippen LogP contribution in [0.25, 0.3) is 124 Å². The molecular formula is C62H42N4. The lowest BCUT2D eigenvalue weighted by Crippen LogP contribution is -1.90. The zero-order valence-electron chi connectivity index (χ0n) is 36.0. The molecule has 2 aliphatic rings. The number of fused-ring (bicyclic) bond motifs is 8. The highest BCUT2D eigenvalue weighted by molar-refractivity contribution is 6.13. The molecule has 7 aromatic carbocycles. The number of benzene rings is 7. The van der Waals surface area contributed by atoms with E-state index in [1.807, 2.05) is 0 Å². The van der Waals surface area contributed by atoms with E-state index in [1.165, 1.54) is 0 Å². The van der Waals surface area contributed by atoms with Gasteiger partial charge in [-0.25, -0.2) is 9.97 Å². The summed E-state index contributed by atoms with van der Waals surface area (Å²) in [6, 6.07) is 77.1. The first-order valence-electron chi connectivity index (χ1n) is 22.4.